The zero-order valence-corrected chi connectivity index (χ0v) is 14.6. The van der Waals surface area contributed by atoms with E-state index < -0.39 is 0 Å². The van der Waals surface area contributed by atoms with Crippen LogP contribution in [0.25, 0.3) is 0 Å². The highest BCUT2D eigenvalue weighted by Crippen LogP contribution is 2.21. The van der Waals surface area contributed by atoms with Gasteiger partial charge in [0.05, 0.1) is 0 Å². The fourth-order valence-electron chi connectivity index (χ4n) is 2.38. The molecule has 3 aromatic rings. The standard InChI is InChI=1S/C18H17BrN4/c1-12-8-13(2)10-16(9-12)21-17-6-7-20-18(23-17)22-15-5-3-4-14(19)11-15/h3-11H,1-2H3,(H2,20,21,22,23). The predicted octanol–water partition coefficient (Wildman–Crippen LogP) is 5.34. The van der Waals surface area contributed by atoms with Gasteiger partial charge in [-0.2, -0.15) is 4.98 Å². The Kier molecular flexibility index (Phi) is 4.57. The highest BCUT2D eigenvalue weighted by Gasteiger charge is 2.02. The molecule has 4 nitrogen and oxygen atoms in total. The molecule has 0 unspecified atom stereocenters. The first kappa shape index (κ1) is 15.5. The van der Waals surface area contributed by atoms with Crippen LogP contribution in [0.1, 0.15) is 11.1 Å². The molecule has 0 radical (unpaired) electrons. The molecule has 23 heavy (non-hydrogen) atoms. The van der Waals surface area contributed by atoms with Gasteiger partial charge in [-0.25, -0.2) is 4.98 Å². The smallest absolute Gasteiger partial charge is 0.229 e. The summed E-state index contributed by atoms with van der Waals surface area (Å²) in [6, 6.07) is 16.1. The van der Waals surface area contributed by atoms with Crippen LogP contribution in [0, 0.1) is 13.8 Å². The number of halogens is 1. The van der Waals surface area contributed by atoms with Crippen molar-refractivity contribution in [2.45, 2.75) is 13.8 Å². The lowest BCUT2D eigenvalue weighted by molar-refractivity contribution is 1.16. The number of aromatic nitrogens is 2. The molecule has 1 aromatic heterocycles. The molecule has 0 aliphatic heterocycles. The Balaban J connectivity index is 1.79. The Bertz CT molecular complexity index is 813. The summed E-state index contributed by atoms with van der Waals surface area (Å²) in [6.45, 7) is 4.16. The Morgan fingerprint density at radius 3 is 2.39 bits per heavy atom. The van der Waals surface area contributed by atoms with Gasteiger partial charge in [0.15, 0.2) is 0 Å². The summed E-state index contributed by atoms with van der Waals surface area (Å²) in [5.41, 5.74) is 4.39. The summed E-state index contributed by atoms with van der Waals surface area (Å²) >= 11 is 3.45. The van der Waals surface area contributed by atoms with Gasteiger partial charge in [0.1, 0.15) is 5.82 Å². The first-order valence-electron chi connectivity index (χ1n) is 7.29. The Labute approximate surface area is 144 Å². The molecule has 0 saturated heterocycles. The maximum absolute atomic E-state index is 4.50. The first-order valence-corrected chi connectivity index (χ1v) is 8.09. The molecule has 3 rings (SSSR count). The third kappa shape index (κ3) is 4.29. The second-order valence-corrected chi connectivity index (χ2v) is 6.32. The van der Waals surface area contributed by atoms with Crippen LogP contribution in [-0.2, 0) is 0 Å². The second kappa shape index (κ2) is 6.79. The molecule has 0 amide bonds. The quantitative estimate of drug-likeness (QED) is 0.652. The van der Waals surface area contributed by atoms with Crippen molar-refractivity contribution in [2.24, 2.45) is 0 Å². The van der Waals surface area contributed by atoms with E-state index in [9.17, 15) is 0 Å². The van der Waals surface area contributed by atoms with Gasteiger partial charge < -0.3 is 10.6 Å². The average Bonchev–Trinajstić information content (AvgIpc) is 2.46. The van der Waals surface area contributed by atoms with Crippen molar-refractivity contribution in [3.8, 4) is 0 Å². The van der Waals surface area contributed by atoms with Gasteiger partial charge in [-0.3, -0.25) is 0 Å². The van der Waals surface area contributed by atoms with Gasteiger partial charge in [-0.05, 0) is 61.4 Å². The number of benzene rings is 2. The molecule has 2 N–H and O–H groups in total. The Morgan fingerprint density at radius 2 is 1.65 bits per heavy atom. The van der Waals surface area contributed by atoms with Gasteiger partial charge in [-0.15, -0.1) is 0 Å². The van der Waals surface area contributed by atoms with Crippen LogP contribution in [0.15, 0.2) is 59.2 Å². The first-order chi connectivity index (χ1) is 11.1. The largest absolute Gasteiger partial charge is 0.340 e. The minimum Gasteiger partial charge on any atom is -0.340 e. The predicted molar refractivity (Wildman–Crippen MR) is 98.7 cm³/mol. The number of rotatable bonds is 4. The molecular formula is C18H17BrN4. The van der Waals surface area contributed by atoms with Gasteiger partial charge in [0, 0.05) is 22.0 Å². The number of aryl methyl sites for hydroxylation is 2. The summed E-state index contributed by atoms with van der Waals surface area (Å²) < 4.78 is 1.01. The number of hydrogen-bond acceptors (Lipinski definition) is 4. The molecule has 0 saturated carbocycles. The minimum atomic E-state index is 0.553. The molecule has 0 atom stereocenters. The molecule has 116 valence electrons. The zero-order chi connectivity index (χ0) is 16.2. The highest BCUT2D eigenvalue weighted by molar-refractivity contribution is 9.10. The SMILES string of the molecule is Cc1cc(C)cc(Nc2ccnc(Nc3cccc(Br)c3)n2)c1. The lowest BCUT2D eigenvalue weighted by Crippen LogP contribution is -2.00. The maximum Gasteiger partial charge on any atom is 0.229 e. The van der Waals surface area contributed by atoms with Crippen molar-refractivity contribution < 1.29 is 0 Å². The normalized spacial score (nSPS) is 10.4. The van der Waals surface area contributed by atoms with E-state index in [0.717, 1.165) is 21.7 Å². The van der Waals surface area contributed by atoms with Crippen molar-refractivity contribution in [1.82, 2.24) is 9.97 Å². The summed E-state index contributed by atoms with van der Waals surface area (Å²) in [5, 5.41) is 6.52. The number of anilines is 4. The van der Waals surface area contributed by atoms with Gasteiger partial charge in [0.25, 0.3) is 0 Å². The van der Waals surface area contributed by atoms with Crippen molar-refractivity contribution in [2.75, 3.05) is 10.6 Å². The molecule has 0 fully saturated rings. The summed E-state index contributed by atoms with van der Waals surface area (Å²) in [7, 11) is 0. The van der Waals surface area contributed by atoms with Crippen LogP contribution in [0.5, 0.6) is 0 Å². The summed E-state index contributed by atoms with van der Waals surface area (Å²) in [5.74, 6) is 1.31. The van der Waals surface area contributed by atoms with E-state index in [1.165, 1.54) is 11.1 Å². The molecule has 2 aromatic carbocycles. The molecule has 0 aliphatic rings. The molecule has 0 bridgehead atoms. The van der Waals surface area contributed by atoms with E-state index in [2.05, 4.69) is 68.6 Å². The van der Waals surface area contributed by atoms with Crippen LogP contribution in [-0.4, -0.2) is 9.97 Å². The second-order valence-electron chi connectivity index (χ2n) is 5.40. The number of hydrogen-bond donors (Lipinski definition) is 2. The van der Waals surface area contributed by atoms with Crippen molar-refractivity contribution in [3.05, 3.63) is 70.3 Å². The average molecular weight is 369 g/mol. The van der Waals surface area contributed by atoms with Crippen LogP contribution < -0.4 is 10.6 Å². The van der Waals surface area contributed by atoms with Crippen molar-refractivity contribution in [3.63, 3.8) is 0 Å². The maximum atomic E-state index is 4.50. The third-order valence-corrected chi connectivity index (χ3v) is 3.72. The van der Waals surface area contributed by atoms with Gasteiger partial charge >= 0.3 is 0 Å². The van der Waals surface area contributed by atoms with Crippen LogP contribution >= 0.6 is 15.9 Å². The minimum absolute atomic E-state index is 0.553. The van der Waals surface area contributed by atoms with Crippen LogP contribution in [0.4, 0.5) is 23.1 Å². The molecule has 0 spiro atoms. The lowest BCUT2D eigenvalue weighted by atomic mass is 10.1. The number of nitrogens with one attached hydrogen (secondary N) is 2. The molecule has 0 aliphatic carbocycles. The topological polar surface area (TPSA) is 49.8 Å². The van der Waals surface area contributed by atoms with E-state index in [0.29, 0.717) is 5.95 Å². The van der Waals surface area contributed by atoms with E-state index in [1.54, 1.807) is 6.20 Å². The van der Waals surface area contributed by atoms with Crippen molar-refractivity contribution in [1.29, 1.82) is 0 Å². The van der Waals surface area contributed by atoms with E-state index in [-0.39, 0.29) is 0 Å². The Hall–Kier alpha value is -2.40. The fraction of sp³-hybridized carbons (Fsp3) is 0.111. The van der Waals surface area contributed by atoms with E-state index in [4.69, 9.17) is 0 Å². The fourth-order valence-corrected chi connectivity index (χ4v) is 2.78. The Morgan fingerprint density at radius 1 is 0.870 bits per heavy atom. The molecular weight excluding hydrogens is 352 g/mol. The monoisotopic (exact) mass is 368 g/mol. The highest BCUT2D eigenvalue weighted by atomic mass is 79.9. The van der Waals surface area contributed by atoms with Gasteiger partial charge in [0.2, 0.25) is 5.95 Å². The molecule has 5 heteroatoms. The number of nitrogens with zero attached hydrogens (tertiary/aromatic N) is 2. The lowest BCUT2D eigenvalue weighted by Gasteiger charge is -2.10. The van der Waals surface area contributed by atoms with Gasteiger partial charge in [-0.1, -0.05) is 28.1 Å². The van der Waals surface area contributed by atoms with Crippen molar-refractivity contribution >= 4 is 39.1 Å². The zero-order valence-electron chi connectivity index (χ0n) is 13.0. The van der Waals surface area contributed by atoms with Crippen LogP contribution in [0.2, 0.25) is 0 Å². The van der Waals surface area contributed by atoms with E-state index in [1.807, 2.05) is 30.3 Å². The summed E-state index contributed by atoms with van der Waals surface area (Å²) in [6.07, 6.45) is 1.73. The molecule has 1 heterocycles. The van der Waals surface area contributed by atoms with E-state index >= 15 is 0 Å². The summed E-state index contributed by atoms with van der Waals surface area (Å²) in [4.78, 5) is 8.77. The van der Waals surface area contributed by atoms with Crippen LogP contribution in [0.3, 0.4) is 0 Å². The third-order valence-electron chi connectivity index (χ3n) is 3.23.